The van der Waals surface area contributed by atoms with Crippen LogP contribution in [0, 0.1) is 6.92 Å². The zero-order chi connectivity index (χ0) is 16.7. The molecule has 0 aliphatic carbocycles. The number of carbonyl (C=O) groups excluding carboxylic acids is 2. The molecule has 120 valence electrons. The van der Waals surface area contributed by atoms with E-state index in [0.717, 1.165) is 5.69 Å². The molecule has 0 radical (unpaired) electrons. The average Bonchev–Trinajstić information content (AvgIpc) is 2.49. The van der Waals surface area contributed by atoms with Crippen molar-refractivity contribution in [1.29, 1.82) is 0 Å². The normalized spacial score (nSPS) is 9.83. The number of aromatic nitrogens is 1. The van der Waals surface area contributed by atoms with Crippen molar-refractivity contribution in [2.75, 3.05) is 17.2 Å². The van der Waals surface area contributed by atoms with Crippen molar-refractivity contribution in [3.8, 4) is 5.75 Å². The van der Waals surface area contributed by atoms with Crippen LogP contribution in [0.2, 0.25) is 0 Å². The molecule has 0 saturated heterocycles. The third-order valence-electron chi connectivity index (χ3n) is 2.71. The number of nitrogens with zero attached hydrogens (tertiary/aromatic N) is 1. The molecule has 0 spiro atoms. The van der Waals surface area contributed by atoms with Crippen LogP contribution in [0.4, 0.5) is 21.1 Å². The summed E-state index contributed by atoms with van der Waals surface area (Å²) in [4.78, 5) is 27.2. The zero-order valence-electron chi connectivity index (χ0n) is 12.8. The standard InChI is InChI=1S/C16H17N3O4/c1-3-22-16(21)23-13-9-7-12(8-10-13)18-15(20)19-14-6-4-5-11(2)17-14/h4-10H,3H2,1-2H3,(H2,17,18,19,20). The molecule has 0 aliphatic heterocycles. The lowest BCUT2D eigenvalue weighted by atomic mass is 10.3. The van der Waals surface area contributed by atoms with Gasteiger partial charge in [-0.15, -0.1) is 0 Å². The highest BCUT2D eigenvalue weighted by atomic mass is 16.7. The van der Waals surface area contributed by atoms with E-state index in [2.05, 4.69) is 20.4 Å². The molecule has 2 N–H and O–H groups in total. The van der Waals surface area contributed by atoms with Gasteiger partial charge in [0.05, 0.1) is 6.61 Å². The number of ether oxygens (including phenoxy) is 2. The van der Waals surface area contributed by atoms with Gasteiger partial charge in [0.25, 0.3) is 0 Å². The van der Waals surface area contributed by atoms with Gasteiger partial charge in [-0.3, -0.25) is 5.32 Å². The van der Waals surface area contributed by atoms with E-state index in [9.17, 15) is 9.59 Å². The summed E-state index contributed by atoms with van der Waals surface area (Å²) in [7, 11) is 0. The minimum Gasteiger partial charge on any atom is -0.434 e. The zero-order valence-corrected chi connectivity index (χ0v) is 12.8. The van der Waals surface area contributed by atoms with Gasteiger partial charge in [-0.05, 0) is 50.2 Å². The monoisotopic (exact) mass is 315 g/mol. The van der Waals surface area contributed by atoms with E-state index in [-0.39, 0.29) is 6.61 Å². The van der Waals surface area contributed by atoms with E-state index in [1.807, 2.05) is 13.0 Å². The fourth-order valence-electron chi connectivity index (χ4n) is 1.74. The van der Waals surface area contributed by atoms with Gasteiger partial charge >= 0.3 is 12.2 Å². The number of hydrogen-bond acceptors (Lipinski definition) is 5. The van der Waals surface area contributed by atoms with Crippen LogP contribution in [-0.2, 0) is 4.74 Å². The number of hydrogen-bond donors (Lipinski definition) is 2. The summed E-state index contributed by atoms with van der Waals surface area (Å²) >= 11 is 0. The van der Waals surface area contributed by atoms with E-state index in [0.29, 0.717) is 17.3 Å². The first-order valence-electron chi connectivity index (χ1n) is 7.03. The molecule has 7 nitrogen and oxygen atoms in total. The number of urea groups is 1. The van der Waals surface area contributed by atoms with Crippen LogP contribution in [0.25, 0.3) is 0 Å². The number of benzene rings is 1. The molecule has 1 aromatic heterocycles. The highest BCUT2D eigenvalue weighted by molar-refractivity contribution is 5.99. The van der Waals surface area contributed by atoms with Crippen molar-refractivity contribution < 1.29 is 19.1 Å². The summed E-state index contributed by atoms with van der Waals surface area (Å²) in [5.41, 5.74) is 1.36. The van der Waals surface area contributed by atoms with E-state index < -0.39 is 12.2 Å². The van der Waals surface area contributed by atoms with Gasteiger partial charge in [0, 0.05) is 11.4 Å². The van der Waals surface area contributed by atoms with Crippen molar-refractivity contribution in [1.82, 2.24) is 4.98 Å². The lowest BCUT2D eigenvalue weighted by molar-refractivity contribution is 0.104. The smallest absolute Gasteiger partial charge is 0.434 e. The molecule has 23 heavy (non-hydrogen) atoms. The third kappa shape index (κ3) is 5.31. The van der Waals surface area contributed by atoms with E-state index in [4.69, 9.17) is 4.74 Å². The second-order valence-electron chi connectivity index (χ2n) is 4.55. The van der Waals surface area contributed by atoms with Gasteiger partial charge in [0.1, 0.15) is 11.6 Å². The first-order chi connectivity index (χ1) is 11.1. The van der Waals surface area contributed by atoms with Crippen molar-refractivity contribution in [2.24, 2.45) is 0 Å². The summed E-state index contributed by atoms with van der Waals surface area (Å²) in [5, 5.41) is 5.28. The Morgan fingerprint density at radius 2 is 1.83 bits per heavy atom. The predicted octanol–water partition coefficient (Wildman–Crippen LogP) is 3.57. The predicted molar refractivity (Wildman–Crippen MR) is 85.7 cm³/mol. The van der Waals surface area contributed by atoms with Crippen LogP contribution in [0.3, 0.4) is 0 Å². The molecule has 0 atom stereocenters. The number of aryl methyl sites for hydroxylation is 1. The molecule has 0 bridgehead atoms. The van der Waals surface area contributed by atoms with Crippen molar-refractivity contribution >= 4 is 23.7 Å². The second-order valence-corrected chi connectivity index (χ2v) is 4.55. The minimum absolute atomic E-state index is 0.242. The van der Waals surface area contributed by atoms with Crippen LogP contribution >= 0.6 is 0 Å². The average molecular weight is 315 g/mol. The lowest BCUT2D eigenvalue weighted by Crippen LogP contribution is -2.20. The highest BCUT2D eigenvalue weighted by Gasteiger charge is 2.06. The maximum absolute atomic E-state index is 11.9. The number of rotatable bonds is 4. The molecule has 0 saturated carbocycles. The van der Waals surface area contributed by atoms with E-state index in [1.54, 1.807) is 43.3 Å². The first kappa shape index (κ1) is 16.3. The Bertz CT molecular complexity index is 686. The Kier molecular flexibility index (Phi) is 5.51. The maximum atomic E-state index is 11.9. The van der Waals surface area contributed by atoms with Gasteiger partial charge in [-0.25, -0.2) is 14.6 Å². The molecule has 7 heteroatoms. The van der Waals surface area contributed by atoms with Crippen LogP contribution in [0.5, 0.6) is 5.75 Å². The molecule has 0 aliphatic rings. The minimum atomic E-state index is -0.767. The van der Waals surface area contributed by atoms with Crippen LogP contribution in [-0.4, -0.2) is 23.8 Å². The van der Waals surface area contributed by atoms with Gasteiger partial charge in [-0.2, -0.15) is 0 Å². The Morgan fingerprint density at radius 3 is 2.48 bits per heavy atom. The fourth-order valence-corrected chi connectivity index (χ4v) is 1.74. The second kappa shape index (κ2) is 7.79. The van der Waals surface area contributed by atoms with Gasteiger partial charge in [-0.1, -0.05) is 6.07 Å². The van der Waals surface area contributed by atoms with Crippen molar-refractivity contribution in [3.05, 3.63) is 48.2 Å². The first-order valence-corrected chi connectivity index (χ1v) is 7.03. The topological polar surface area (TPSA) is 89.5 Å². The molecular formula is C16H17N3O4. The van der Waals surface area contributed by atoms with Gasteiger partial charge < -0.3 is 14.8 Å². The SMILES string of the molecule is CCOC(=O)Oc1ccc(NC(=O)Nc2cccc(C)n2)cc1. The Labute approximate surface area is 133 Å². The molecule has 2 aromatic rings. The molecular weight excluding hydrogens is 298 g/mol. The van der Waals surface area contributed by atoms with E-state index >= 15 is 0 Å². The van der Waals surface area contributed by atoms with Crippen LogP contribution < -0.4 is 15.4 Å². The lowest BCUT2D eigenvalue weighted by Gasteiger charge is -2.08. The molecule has 2 amide bonds. The number of amides is 2. The van der Waals surface area contributed by atoms with Crippen LogP contribution in [0.1, 0.15) is 12.6 Å². The molecule has 0 fully saturated rings. The summed E-state index contributed by atoms with van der Waals surface area (Å²) < 4.78 is 9.59. The molecule has 0 unspecified atom stereocenters. The molecule has 2 rings (SSSR count). The van der Waals surface area contributed by atoms with Gasteiger partial charge in [0.2, 0.25) is 0 Å². The number of carbonyl (C=O) groups is 2. The number of nitrogens with one attached hydrogen (secondary N) is 2. The van der Waals surface area contributed by atoms with Gasteiger partial charge in [0.15, 0.2) is 0 Å². The van der Waals surface area contributed by atoms with Crippen LogP contribution in [0.15, 0.2) is 42.5 Å². The summed E-state index contributed by atoms with van der Waals surface area (Å²) in [6.07, 6.45) is -0.767. The highest BCUT2D eigenvalue weighted by Crippen LogP contribution is 2.16. The number of anilines is 2. The summed E-state index contributed by atoms with van der Waals surface area (Å²) in [6, 6.07) is 11.3. The van der Waals surface area contributed by atoms with Crippen molar-refractivity contribution in [3.63, 3.8) is 0 Å². The summed E-state index contributed by atoms with van der Waals surface area (Å²) in [5.74, 6) is 0.791. The molecule has 1 aromatic carbocycles. The molecule has 1 heterocycles. The Morgan fingerprint density at radius 1 is 1.09 bits per heavy atom. The van der Waals surface area contributed by atoms with E-state index in [1.165, 1.54) is 0 Å². The largest absolute Gasteiger partial charge is 0.513 e. The summed E-state index contributed by atoms with van der Waals surface area (Å²) in [6.45, 7) is 3.77. The van der Waals surface area contributed by atoms with Crippen molar-refractivity contribution in [2.45, 2.75) is 13.8 Å². The number of pyridine rings is 1. The fraction of sp³-hybridized carbons (Fsp3) is 0.188. The Balaban J connectivity index is 1.90. The quantitative estimate of drug-likeness (QED) is 0.665. The Hall–Kier alpha value is -3.09. The third-order valence-corrected chi connectivity index (χ3v) is 2.71. The maximum Gasteiger partial charge on any atom is 0.513 e.